The largest absolute Gasteiger partial charge is 0.359 e. The van der Waals surface area contributed by atoms with E-state index < -0.39 is 6.04 Å². The summed E-state index contributed by atoms with van der Waals surface area (Å²) in [6, 6.07) is 9.00. The summed E-state index contributed by atoms with van der Waals surface area (Å²) >= 11 is 0. The molecule has 0 amide bonds. The van der Waals surface area contributed by atoms with E-state index in [1.807, 2.05) is 30.3 Å². The highest BCUT2D eigenvalue weighted by Crippen LogP contribution is 2.36. The van der Waals surface area contributed by atoms with Crippen LogP contribution in [0.5, 0.6) is 0 Å². The van der Waals surface area contributed by atoms with E-state index in [1.165, 1.54) is 7.11 Å². The maximum Gasteiger partial charge on any atom is 0.245 e. The lowest BCUT2D eigenvalue weighted by molar-refractivity contribution is -0.543. The van der Waals surface area contributed by atoms with E-state index in [0.29, 0.717) is 0 Å². The van der Waals surface area contributed by atoms with Crippen LogP contribution in [0.25, 0.3) is 0 Å². The lowest BCUT2D eigenvalue weighted by atomic mass is 9.78. The van der Waals surface area contributed by atoms with Gasteiger partial charge in [-0.3, -0.25) is 10.1 Å². The molecule has 1 saturated carbocycles. The zero-order valence-electron chi connectivity index (χ0n) is 11.0. The van der Waals surface area contributed by atoms with Crippen LogP contribution in [0.2, 0.25) is 0 Å². The maximum absolute atomic E-state index is 11.4. The van der Waals surface area contributed by atoms with Crippen LogP contribution < -0.4 is 0 Å². The molecule has 0 heterocycles. The molecule has 0 N–H and O–H groups in total. The molecule has 2 rings (SSSR count). The fourth-order valence-electron chi connectivity index (χ4n) is 2.82. The Labute approximate surface area is 112 Å². The van der Waals surface area contributed by atoms with Crippen molar-refractivity contribution in [3.05, 3.63) is 46.0 Å². The van der Waals surface area contributed by atoms with Gasteiger partial charge in [-0.05, 0) is 24.8 Å². The molecule has 5 heteroatoms. The average molecular weight is 265 g/mol. The molecule has 1 aromatic rings. The second-order valence-corrected chi connectivity index (χ2v) is 4.84. The highest BCUT2D eigenvalue weighted by molar-refractivity contribution is 5.22. The van der Waals surface area contributed by atoms with Gasteiger partial charge in [-0.2, -0.15) is 0 Å². The number of hydrogen-bond donors (Lipinski definition) is 0. The van der Waals surface area contributed by atoms with Crippen LogP contribution in [0.15, 0.2) is 30.3 Å². The Morgan fingerprint density at radius 2 is 2.05 bits per heavy atom. The number of methoxy groups -OCH3 is 1. The van der Waals surface area contributed by atoms with Crippen LogP contribution in [0.4, 0.5) is 0 Å². The van der Waals surface area contributed by atoms with E-state index in [-0.39, 0.29) is 23.7 Å². The number of ether oxygens (including phenoxy) is 2. The Balaban J connectivity index is 2.19. The van der Waals surface area contributed by atoms with E-state index in [9.17, 15) is 10.1 Å². The Bertz CT molecular complexity index is 409. The zero-order valence-corrected chi connectivity index (χ0v) is 11.0. The van der Waals surface area contributed by atoms with Crippen molar-refractivity contribution < 1.29 is 14.4 Å². The number of rotatable bonds is 5. The van der Waals surface area contributed by atoms with Crippen LogP contribution in [-0.2, 0) is 9.47 Å². The van der Waals surface area contributed by atoms with Crippen LogP contribution in [0.3, 0.4) is 0 Å². The van der Waals surface area contributed by atoms with Gasteiger partial charge in [0.1, 0.15) is 12.9 Å². The molecule has 1 aliphatic carbocycles. The molecule has 0 radical (unpaired) electrons. The van der Waals surface area contributed by atoms with Crippen LogP contribution >= 0.6 is 0 Å². The van der Waals surface area contributed by atoms with Crippen molar-refractivity contribution >= 4 is 0 Å². The molecule has 0 aliphatic heterocycles. The molecule has 0 aromatic heterocycles. The fraction of sp³-hybridized carbons (Fsp3) is 0.571. The zero-order chi connectivity index (χ0) is 13.7. The Hall–Kier alpha value is -1.46. The molecule has 3 atom stereocenters. The smallest absolute Gasteiger partial charge is 0.245 e. The summed E-state index contributed by atoms with van der Waals surface area (Å²) < 4.78 is 10.4. The van der Waals surface area contributed by atoms with Crippen molar-refractivity contribution in [1.29, 1.82) is 0 Å². The summed E-state index contributed by atoms with van der Waals surface area (Å²) in [7, 11) is 1.53. The van der Waals surface area contributed by atoms with E-state index in [1.54, 1.807) is 0 Å². The standard InChI is InChI=1S/C14H19NO4/c1-18-10-19-13-9-5-8-12(14(13)15(16)17)11-6-3-2-4-7-11/h2-4,6-7,12-14H,5,8-10H2,1H3. The lowest BCUT2D eigenvalue weighted by Gasteiger charge is -2.32. The van der Waals surface area contributed by atoms with Gasteiger partial charge in [0.2, 0.25) is 6.04 Å². The molecule has 0 saturated heterocycles. The molecule has 1 fully saturated rings. The quantitative estimate of drug-likeness (QED) is 0.466. The monoisotopic (exact) mass is 265 g/mol. The number of nitrogens with zero attached hydrogens (tertiary/aromatic N) is 1. The van der Waals surface area contributed by atoms with E-state index in [4.69, 9.17) is 9.47 Å². The Kier molecular flexibility index (Phi) is 4.87. The van der Waals surface area contributed by atoms with Gasteiger partial charge < -0.3 is 9.47 Å². The van der Waals surface area contributed by atoms with Gasteiger partial charge in [-0.15, -0.1) is 0 Å². The molecule has 1 aliphatic rings. The van der Waals surface area contributed by atoms with E-state index in [2.05, 4.69) is 0 Å². The molecule has 19 heavy (non-hydrogen) atoms. The Morgan fingerprint density at radius 3 is 2.68 bits per heavy atom. The molecule has 5 nitrogen and oxygen atoms in total. The molecular weight excluding hydrogens is 246 g/mol. The Morgan fingerprint density at radius 1 is 1.32 bits per heavy atom. The normalized spacial score (nSPS) is 27.1. The first-order valence-electron chi connectivity index (χ1n) is 6.53. The van der Waals surface area contributed by atoms with Gasteiger partial charge >= 0.3 is 0 Å². The predicted molar refractivity (Wildman–Crippen MR) is 70.6 cm³/mol. The van der Waals surface area contributed by atoms with Crippen molar-refractivity contribution in [2.75, 3.05) is 13.9 Å². The summed E-state index contributed by atoms with van der Waals surface area (Å²) in [6.45, 7) is 0.108. The number of nitro groups is 1. The third-order valence-corrected chi connectivity index (χ3v) is 3.67. The van der Waals surface area contributed by atoms with E-state index in [0.717, 1.165) is 24.8 Å². The van der Waals surface area contributed by atoms with E-state index >= 15 is 0 Å². The number of benzene rings is 1. The summed E-state index contributed by atoms with van der Waals surface area (Å²) in [5, 5.41) is 11.4. The van der Waals surface area contributed by atoms with Crippen molar-refractivity contribution in [3.63, 3.8) is 0 Å². The van der Waals surface area contributed by atoms with Gasteiger partial charge in [0.15, 0.2) is 0 Å². The number of hydrogen-bond acceptors (Lipinski definition) is 4. The third kappa shape index (κ3) is 3.30. The first kappa shape index (κ1) is 14.0. The van der Waals surface area contributed by atoms with Gasteiger partial charge in [-0.25, -0.2) is 0 Å². The summed E-state index contributed by atoms with van der Waals surface area (Å²) in [5.41, 5.74) is 1.02. The predicted octanol–water partition coefficient (Wildman–Crippen LogP) is 2.59. The van der Waals surface area contributed by atoms with Gasteiger partial charge in [-0.1, -0.05) is 30.3 Å². The van der Waals surface area contributed by atoms with Crippen molar-refractivity contribution in [1.82, 2.24) is 0 Å². The fourth-order valence-corrected chi connectivity index (χ4v) is 2.82. The van der Waals surface area contributed by atoms with Crippen LogP contribution in [0, 0.1) is 10.1 Å². The molecular formula is C14H19NO4. The maximum atomic E-state index is 11.4. The van der Waals surface area contributed by atoms with Crippen molar-refractivity contribution in [3.8, 4) is 0 Å². The molecule has 0 bridgehead atoms. The molecule has 3 unspecified atom stereocenters. The summed E-state index contributed by atoms with van der Waals surface area (Å²) in [6.07, 6.45) is 2.13. The summed E-state index contributed by atoms with van der Waals surface area (Å²) in [5.74, 6) is -0.0770. The van der Waals surface area contributed by atoms with Gasteiger partial charge in [0.05, 0.1) is 5.92 Å². The highest BCUT2D eigenvalue weighted by Gasteiger charge is 2.43. The molecule has 104 valence electrons. The minimum atomic E-state index is -0.689. The first-order chi connectivity index (χ1) is 9.24. The van der Waals surface area contributed by atoms with Crippen LogP contribution in [0.1, 0.15) is 30.7 Å². The minimum absolute atomic E-state index is 0.0770. The average Bonchev–Trinajstić information content (AvgIpc) is 2.45. The topological polar surface area (TPSA) is 61.6 Å². The third-order valence-electron chi connectivity index (χ3n) is 3.67. The van der Waals surface area contributed by atoms with Crippen molar-refractivity contribution in [2.24, 2.45) is 0 Å². The highest BCUT2D eigenvalue weighted by atomic mass is 16.7. The second-order valence-electron chi connectivity index (χ2n) is 4.84. The lowest BCUT2D eigenvalue weighted by Crippen LogP contribution is -2.43. The van der Waals surface area contributed by atoms with Crippen molar-refractivity contribution in [2.45, 2.75) is 37.3 Å². The minimum Gasteiger partial charge on any atom is -0.359 e. The van der Waals surface area contributed by atoms with Crippen LogP contribution in [-0.4, -0.2) is 31.0 Å². The van der Waals surface area contributed by atoms with Gasteiger partial charge in [0, 0.05) is 12.0 Å². The van der Waals surface area contributed by atoms with Gasteiger partial charge in [0.25, 0.3) is 0 Å². The summed E-state index contributed by atoms with van der Waals surface area (Å²) in [4.78, 5) is 11.2. The first-order valence-corrected chi connectivity index (χ1v) is 6.53. The SMILES string of the molecule is COCOC1CCCC(c2ccccc2)C1[N+](=O)[O-]. The molecule has 0 spiro atoms. The second kappa shape index (κ2) is 6.63. The molecule has 1 aromatic carbocycles.